The Morgan fingerprint density at radius 1 is 0.909 bits per heavy atom. The summed E-state index contributed by atoms with van der Waals surface area (Å²) in [5.41, 5.74) is 5.86. The zero-order chi connectivity index (χ0) is 24.2. The van der Waals surface area contributed by atoms with Gasteiger partial charge in [0, 0.05) is 0 Å². The lowest BCUT2D eigenvalue weighted by atomic mass is 9.96. The summed E-state index contributed by atoms with van der Waals surface area (Å²) < 4.78 is 28.4. The standard InChI is InChI=1S/C27H32N2O3S/c1-6-23-12-10-11-15-26(23)29(33(31,32)24-13-8-7-9-14-24)18-27(30)28-22(5)25-17-20(3)19(2)16-21(25)4/h7-17,22H,6,18H2,1-5H3,(H,28,30)/t22-/m0/s1. The second-order valence-electron chi connectivity index (χ2n) is 8.39. The number of hydrogen-bond donors (Lipinski definition) is 1. The molecule has 5 nitrogen and oxygen atoms in total. The molecule has 1 atom stereocenters. The van der Waals surface area contributed by atoms with Gasteiger partial charge in [0.25, 0.3) is 10.0 Å². The molecule has 0 bridgehead atoms. The van der Waals surface area contributed by atoms with Crippen LogP contribution in [0.2, 0.25) is 0 Å². The molecule has 3 aromatic carbocycles. The Kier molecular flexibility index (Phi) is 7.59. The van der Waals surface area contributed by atoms with Crippen LogP contribution >= 0.6 is 0 Å². The predicted octanol–water partition coefficient (Wildman–Crippen LogP) is 5.25. The van der Waals surface area contributed by atoms with Gasteiger partial charge in [-0.05, 0) is 80.1 Å². The molecule has 0 unspecified atom stereocenters. The largest absolute Gasteiger partial charge is 0.348 e. The Hall–Kier alpha value is -3.12. The minimum absolute atomic E-state index is 0.154. The van der Waals surface area contributed by atoms with Gasteiger partial charge >= 0.3 is 0 Å². The second-order valence-corrected chi connectivity index (χ2v) is 10.3. The molecule has 1 amide bonds. The molecule has 3 aromatic rings. The lowest BCUT2D eigenvalue weighted by molar-refractivity contribution is -0.120. The van der Waals surface area contributed by atoms with E-state index in [1.807, 2.05) is 39.8 Å². The molecule has 6 heteroatoms. The normalized spacial score (nSPS) is 12.3. The second kappa shape index (κ2) is 10.2. The van der Waals surface area contributed by atoms with Crippen molar-refractivity contribution in [2.75, 3.05) is 10.8 Å². The Bertz CT molecular complexity index is 1240. The summed E-state index contributed by atoms with van der Waals surface area (Å²) in [4.78, 5) is 13.3. The molecule has 0 aliphatic rings. The topological polar surface area (TPSA) is 66.5 Å². The molecule has 0 aromatic heterocycles. The van der Waals surface area contributed by atoms with Crippen molar-refractivity contribution in [3.05, 3.63) is 94.5 Å². The number of carbonyl (C=O) groups excluding carboxylic acids is 1. The molecule has 0 spiro atoms. The molecular weight excluding hydrogens is 432 g/mol. The van der Waals surface area contributed by atoms with E-state index in [-0.39, 0.29) is 23.4 Å². The quantitative estimate of drug-likeness (QED) is 0.495. The fraction of sp³-hybridized carbons (Fsp3) is 0.296. The number of benzene rings is 3. The first-order valence-corrected chi connectivity index (χ1v) is 12.6. The molecule has 3 rings (SSSR count). The van der Waals surface area contributed by atoms with E-state index in [9.17, 15) is 13.2 Å². The maximum absolute atomic E-state index is 13.6. The van der Waals surface area contributed by atoms with E-state index in [4.69, 9.17) is 0 Å². The van der Waals surface area contributed by atoms with Crippen molar-refractivity contribution in [2.45, 2.75) is 52.0 Å². The van der Waals surface area contributed by atoms with Crippen molar-refractivity contribution in [1.82, 2.24) is 5.32 Å². The SMILES string of the molecule is CCc1ccccc1N(CC(=O)N[C@@H](C)c1cc(C)c(C)cc1C)S(=O)(=O)c1ccccc1. The van der Waals surface area contributed by atoms with Gasteiger partial charge in [0.05, 0.1) is 16.6 Å². The molecule has 0 aliphatic heterocycles. The van der Waals surface area contributed by atoms with Crippen molar-refractivity contribution in [3.63, 3.8) is 0 Å². The predicted molar refractivity (Wildman–Crippen MR) is 134 cm³/mol. The number of hydrogen-bond acceptors (Lipinski definition) is 3. The summed E-state index contributed by atoms with van der Waals surface area (Å²) in [7, 11) is -3.93. The van der Waals surface area contributed by atoms with E-state index >= 15 is 0 Å². The summed E-state index contributed by atoms with van der Waals surface area (Å²) in [5.74, 6) is -0.356. The lowest BCUT2D eigenvalue weighted by Gasteiger charge is -2.27. The minimum atomic E-state index is -3.93. The van der Waals surface area contributed by atoms with Gasteiger partial charge in [-0.2, -0.15) is 0 Å². The van der Waals surface area contributed by atoms with Crippen LogP contribution in [0.15, 0.2) is 71.6 Å². The third kappa shape index (κ3) is 5.45. The highest BCUT2D eigenvalue weighted by Gasteiger charge is 2.29. The average Bonchev–Trinajstić information content (AvgIpc) is 2.80. The van der Waals surface area contributed by atoms with Crippen LogP contribution in [0.3, 0.4) is 0 Å². The number of amides is 1. The van der Waals surface area contributed by atoms with Crippen LogP contribution in [-0.2, 0) is 21.2 Å². The molecule has 0 saturated heterocycles. The molecule has 33 heavy (non-hydrogen) atoms. The van der Waals surface area contributed by atoms with Crippen LogP contribution < -0.4 is 9.62 Å². The zero-order valence-electron chi connectivity index (χ0n) is 19.9. The van der Waals surface area contributed by atoms with Gasteiger partial charge < -0.3 is 5.32 Å². The van der Waals surface area contributed by atoms with E-state index < -0.39 is 10.0 Å². The number of para-hydroxylation sites is 1. The average molecular weight is 465 g/mol. The van der Waals surface area contributed by atoms with Gasteiger partial charge in [0.15, 0.2) is 0 Å². The number of rotatable bonds is 8. The molecule has 0 saturated carbocycles. The van der Waals surface area contributed by atoms with Gasteiger partial charge in [-0.1, -0.05) is 55.5 Å². The minimum Gasteiger partial charge on any atom is -0.348 e. The van der Waals surface area contributed by atoms with Crippen molar-refractivity contribution in [3.8, 4) is 0 Å². The first-order chi connectivity index (χ1) is 15.6. The molecule has 0 aliphatic carbocycles. The Labute approximate surface area is 197 Å². The monoisotopic (exact) mass is 464 g/mol. The lowest BCUT2D eigenvalue weighted by Crippen LogP contribution is -2.42. The van der Waals surface area contributed by atoms with E-state index in [0.29, 0.717) is 12.1 Å². The molecule has 1 N–H and O–H groups in total. The fourth-order valence-corrected chi connectivity index (χ4v) is 5.50. The van der Waals surface area contributed by atoms with Gasteiger partial charge in [-0.25, -0.2) is 8.42 Å². The molecule has 174 valence electrons. The van der Waals surface area contributed by atoms with Gasteiger partial charge in [0.2, 0.25) is 5.91 Å². The van der Waals surface area contributed by atoms with E-state index in [1.165, 1.54) is 9.87 Å². The smallest absolute Gasteiger partial charge is 0.264 e. The number of sulfonamides is 1. The van der Waals surface area contributed by atoms with E-state index in [2.05, 4.69) is 24.4 Å². The third-order valence-corrected chi connectivity index (χ3v) is 7.76. The van der Waals surface area contributed by atoms with Crippen LogP contribution in [0.25, 0.3) is 0 Å². The van der Waals surface area contributed by atoms with Crippen LogP contribution in [-0.4, -0.2) is 20.9 Å². The van der Waals surface area contributed by atoms with Crippen LogP contribution in [0, 0.1) is 20.8 Å². The summed E-state index contributed by atoms with van der Waals surface area (Å²) in [5, 5.41) is 3.00. The summed E-state index contributed by atoms with van der Waals surface area (Å²) in [6, 6.07) is 19.5. The molecule has 0 radical (unpaired) electrons. The Balaban J connectivity index is 1.94. The molecular formula is C27H32N2O3S. The van der Waals surface area contributed by atoms with Crippen LogP contribution in [0.1, 0.15) is 47.7 Å². The molecule has 0 heterocycles. The van der Waals surface area contributed by atoms with Gasteiger partial charge in [-0.15, -0.1) is 0 Å². The number of carbonyl (C=O) groups is 1. The van der Waals surface area contributed by atoms with Crippen molar-refractivity contribution < 1.29 is 13.2 Å². The summed E-state index contributed by atoms with van der Waals surface area (Å²) >= 11 is 0. The van der Waals surface area contributed by atoms with Crippen molar-refractivity contribution in [2.24, 2.45) is 0 Å². The van der Waals surface area contributed by atoms with Crippen molar-refractivity contribution >= 4 is 21.6 Å². The summed E-state index contributed by atoms with van der Waals surface area (Å²) in [6.45, 7) is 9.72. The first kappa shape index (κ1) is 24.5. The third-order valence-electron chi connectivity index (χ3n) is 5.99. The first-order valence-electron chi connectivity index (χ1n) is 11.2. The maximum atomic E-state index is 13.6. The van der Waals surface area contributed by atoms with Crippen LogP contribution in [0.4, 0.5) is 5.69 Å². The van der Waals surface area contributed by atoms with Crippen molar-refractivity contribution in [1.29, 1.82) is 0 Å². The van der Waals surface area contributed by atoms with E-state index in [0.717, 1.165) is 22.3 Å². The van der Waals surface area contributed by atoms with Crippen LogP contribution in [0.5, 0.6) is 0 Å². The number of aryl methyl sites for hydroxylation is 4. The Morgan fingerprint density at radius 3 is 2.18 bits per heavy atom. The number of nitrogens with zero attached hydrogens (tertiary/aromatic N) is 1. The zero-order valence-corrected chi connectivity index (χ0v) is 20.7. The highest BCUT2D eigenvalue weighted by atomic mass is 32.2. The van der Waals surface area contributed by atoms with Gasteiger partial charge in [0.1, 0.15) is 6.54 Å². The maximum Gasteiger partial charge on any atom is 0.264 e. The van der Waals surface area contributed by atoms with E-state index in [1.54, 1.807) is 42.5 Å². The fourth-order valence-electron chi connectivity index (χ4n) is 4.02. The highest BCUT2D eigenvalue weighted by molar-refractivity contribution is 7.92. The van der Waals surface area contributed by atoms with Gasteiger partial charge in [-0.3, -0.25) is 9.10 Å². The Morgan fingerprint density at radius 2 is 1.52 bits per heavy atom. The highest BCUT2D eigenvalue weighted by Crippen LogP contribution is 2.28. The molecule has 0 fully saturated rings. The number of nitrogens with one attached hydrogen (secondary N) is 1. The summed E-state index contributed by atoms with van der Waals surface area (Å²) in [6.07, 6.45) is 0.650. The number of anilines is 1.